The highest BCUT2D eigenvalue weighted by atomic mass is 19.1. The predicted molar refractivity (Wildman–Crippen MR) is 65.5 cm³/mol. The van der Waals surface area contributed by atoms with E-state index < -0.39 is 35.8 Å². The fourth-order valence-electron chi connectivity index (χ4n) is 3.04. The molecule has 3 aliphatic rings. The number of piperidine rings is 2. The van der Waals surface area contributed by atoms with E-state index >= 15 is 0 Å². The van der Waals surface area contributed by atoms with Gasteiger partial charge in [-0.25, -0.2) is 14.0 Å². The molecule has 0 aromatic carbocycles. The number of carboxylic acids is 1. The quantitative estimate of drug-likeness (QED) is 0.795. The number of fused-ring (bicyclic) bond motifs is 3. The molecule has 4 atom stereocenters. The van der Waals surface area contributed by atoms with Crippen molar-refractivity contribution in [1.82, 2.24) is 4.90 Å². The van der Waals surface area contributed by atoms with Gasteiger partial charge in [0.05, 0.1) is 0 Å². The maximum absolute atomic E-state index is 13.8. The van der Waals surface area contributed by atoms with E-state index in [9.17, 15) is 19.1 Å². The second-order valence-corrected chi connectivity index (χ2v) is 6.32. The van der Waals surface area contributed by atoms with Crippen molar-refractivity contribution in [2.45, 2.75) is 63.9 Å². The molecular weight excluding hydrogens is 253 g/mol. The van der Waals surface area contributed by atoms with Crippen LogP contribution in [0, 0.1) is 5.92 Å². The van der Waals surface area contributed by atoms with E-state index in [1.54, 1.807) is 20.8 Å². The van der Waals surface area contributed by atoms with Crippen LogP contribution in [0.25, 0.3) is 0 Å². The van der Waals surface area contributed by atoms with Gasteiger partial charge >= 0.3 is 12.1 Å². The van der Waals surface area contributed by atoms with Crippen molar-refractivity contribution in [2.75, 3.05) is 0 Å². The van der Waals surface area contributed by atoms with Gasteiger partial charge in [-0.1, -0.05) is 0 Å². The fourth-order valence-corrected chi connectivity index (χ4v) is 3.04. The van der Waals surface area contributed by atoms with E-state index in [2.05, 4.69) is 0 Å². The summed E-state index contributed by atoms with van der Waals surface area (Å²) in [4.78, 5) is 24.7. The van der Waals surface area contributed by atoms with E-state index in [-0.39, 0.29) is 12.5 Å². The number of halogens is 1. The highest BCUT2D eigenvalue weighted by Gasteiger charge is 2.53. The molecule has 5 nitrogen and oxygen atoms in total. The molecular formula is C13H20FNO4. The first kappa shape index (κ1) is 14.1. The number of ether oxygens (including phenoxy) is 1. The van der Waals surface area contributed by atoms with E-state index in [4.69, 9.17) is 4.74 Å². The van der Waals surface area contributed by atoms with Gasteiger partial charge in [-0.15, -0.1) is 0 Å². The molecule has 0 aromatic heterocycles. The van der Waals surface area contributed by atoms with Gasteiger partial charge < -0.3 is 9.84 Å². The van der Waals surface area contributed by atoms with Crippen molar-refractivity contribution in [3.8, 4) is 0 Å². The smallest absolute Gasteiger partial charge is 0.411 e. The third kappa shape index (κ3) is 2.67. The molecule has 1 saturated carbocycles. The molecule has 19 heavy (non-hydrogen) atoms. The van der Waals surface area contributed by atoms with Crippen molar-refractivity contribution in [3.63, 3.8) is 0 Å². The lowest BCUT2D eigenvalue weighted by Gasteiger charge is -2.50. The van der Waals surface area contributed by atoms with Crippen LogP contribution in [0.1, 0.15) is 40.0 Å². The van der Waals surface area contributed by atoms with Gasteiger partial charge in [0.15, 0.2) is 0 Å². The Morgan fingerprint density at radius 2 is 1.95 bits per heavy atom. The van der Waals surface area contributed by atoms with E-state index in [1.165, 1.54) is 4.90 Å². The third-order valence-electron chi connectivity index (χ3n) is 3.75. The van der Waals surface area contributed by atoms with Crippen LogP contribution in [0.4, 0.5) is 9.18 Å². The molecule has 0 radical (unpaired) electrons. The zero-order chi connectivity index (χ0) is 14.4. The van der Waals surface area contributed by atoms with Crippen molar-refractivity contribution in [3.05, 3.63) is 0 Å². The normalized spacial score (nSPS) is 34.2. The summed E-state index contributed by atoms with van der Waals surface area (Å²) in [6.45, 7) is 5.17. The Labute approximate surface area is 111 Å². The number of nitrogens with zero attached hydrogens (tertiary/aromatic N) is 1. The molecule has 0 spiro atoms. The lowest BCUT2D eigenvalue weighted by molar-refractivity contribution is -0.156. The van der Waals surface area contributed by atoms with Gasteiger partial charge in [-0.05, 0) is 40.0 Å². The van der Waals surface area contributed by atoms with Crippen molar-refractivity contribution in [2.24, 2.45) is 5.92 Å². The van der Waals surface area contributed by atoms with Crippen LogP contribution in [0.3, 0.4) is 0 Å². The summed E-state index contributed by atoms with van der Waals surface area (Å²) in [6, 6.07) is -1.46. The maximum atomic E-state index is 13.8. The second-order valence-electron chi connectivity index (χ2n) is 6.32. The topological polar surface area (TPSA) is 66.8 Å². The summed E-state index contributed by atoms with van der Waals surface area (Å²) >= 11 is 0. The van der Waals surface area contributed by atoms with E-state index in [0.717, 1.165) is 0 Å². The lowest BCUT2D eigenvalue weighted by Crippen LogP contribution is -2.64. The Kier molecular flexibility index (Phi) is 3.45. The fraction of sp³-hybridized carbons (Fsp3) is 0.846. The van der Waals surface area contributed by atoms with Crippen LogP contribution in [-0.4, -0.2) is 45.9 Å². The first-order chi connectivity index (χ1) is 8.70. The summed E-state index contributed by atoms with van der Waals surface area (Å²) in [5, 5.41) is 9.28. The van der Waals surface area contributed by atoms with Gasteiger partial charge in [-0.2, -0.15) is 0 Å². The van der Waals surface area contributed by atoms with Gasteiger partial charge in [-0.3, -0.25) is 4.90 Å². The lowest BCUT2D eigenvalue weighted by atomic mass is 9.73. The molecule has 1 aliphatic carbocycles. The summed E-state index contributed by atoms with van der Waals surface area (Å²) in [5.41, 5.74) is -0.689. The van der Waals surface area contributed by atoms with Crippen LogP contribution < -0.4 is 0 Å². The van der Waals surface area contributed by atoms with Crippen LogP contribution in [-0.2, 0) is 9.53 Å². The molecule has 1 N–H and O–H groups in total. The Hall–Kier alpha value is -1.33. The maximum Gasteiger partial charge on any atom is 0.411 e. The molecule has 2 bridgehead atoms. The molecule has 108 valence electrons. The zero-order valence-electron chi connectivity index (χ0n) is 11.4. The molecule has 1 amide bonds. The highest BCUT2D eigenvalue weighted by molar-refractivity contribution is 5.81. The standard InChI is InChI=1S/C13H20FNO4/c1-13(2,3)19-12(18)15-7-4-5-8(9(14)6-7)10(15)11(16)17/h7-10H,4-6H2,1-3H3,(H,16,17)/t7-,8+,9+,10-/m0/s1. The molecule has 3 fully saturated rings. The van der Waals surface area contributed by atoms with Crippen LogP contribution in [0.5, 0.6) is 0 Å². The number of hydrogen-bond acceptors (Lipinski definition) is 3. The number of hydrogen-bond donors (Lipinski definition) is 1. The van der Waals surface area contributed by atoms with E-state index in [0.29, 0.717) is 12.8 Å². The van der Waals surface area contributed by atoms with Crippen LogP contribution in [0.2, 0.25) is 0 Å². The molecule has 2 aliphatic heterocycles. The Balaban J connectivity index is 2.22. The SMILES string of the molecule is CC(C)(C)OC(=O)N1[C@H]2CC[C@H]([C@H](F)C2)[C@H]1C(=O)O. The summed E-state index contributed by atoms with van der Waals surface area (Å²) in [6.07, 6.45) is -0.413. The molecule has 0 unspecified atom stereocenters. The molecule has 3 rings (SSSR count). The van der Waals surface area contributed by atoms with Crippen LogP contribution in [0.15, 0.2) is 0 Å². The van der Waals surface area contributed by atoms with Crippen molar-refractivity contribution in [1.29, 1.82) is 0 Å². The van der Waals surface area contributed by atoms with Gasteiger partial charge in [0.25, 0.3) is 0 Å². The Bertz CT molecular complexity index is 393. The van der Waals surface area contributed by atoms with Crippen molar-refractivity contribution < 1.29 is 23.8 Å². The summed E-state index contributed by atoms with van der Waals surface area (Å²) < 4.78 is 19.1. The number of carboxylic acid groups (broad SMARTS) is 1. The van der Waals surface area contributed by atoms with Gasteiger partial charge in [0, 0.05) is 12.0 Å². The monoisotopic (exact) mass is 273 g/mol. The number of rotatable bonds is 1. The Morgan fingerprint density at radius 3 is 2.42 bits per heavy atom. The van der Waals surface area contributed by atoms with E-state index in [1.807, 2.05) is 0 Å². The minimum absolute atomic E-state index is 0.216. The number of carbonyl (C=O) groups is 2. The first-order valence-corrected chi connectivity index (χ1v) is 6.59. The largest absolute Gasteiger partial charge is 0.480 e. The number of amides is 1. The Morgan fingerprint density at radius 1 is 1.32 bits per heavy atom. The van der Waals surface area contributed by atoms with Crippen molar-refractivity contribution >= 4 is 12.1 Å². The van der Waals surface area contributed by atoms with Gasteiger partial charge in [0.1, 0.15) is 17.8 Å². The summed E-state index contributed by atoms with van der Waals surface area (Å²) in [5.74, 6) is -1.77. The summed E-state index contributed by atoms with van der Waals surface area (Å²) in [7, 11) is 0. The minimum Gasteiger partial charge on any atom is -0.480 e. The molecule has 0 aromatic rings. The molecule has 6 heteroatoms. The predicted octanol–water partition coefficient (Wildman–Crippen LogP) is 2.20. The zero-order valence-corrected chi connectivity index (χ0v) is 11.4. The highest BCUT2D eigenvalue weighted by Crippen LogP contribution is 2.42. The van der Waals surface area contributed by atoms with Crippen LogP contribution >= 0.6 is 0 Å². The number of alkyl halides is 1. The van der Waals surface area contributed by atoms with Gasteiger partial charge in [0.2, 0.25) is 0 Å². The average molecular weight is 273 g/mol. The molecule has 2 saturated heterocycles. The second kappa shape index (κ2) is 4.65. The minimum atomic E-state index is -1.15. The number of aliphatic carboxylic acids is 1. The molecule has 2 heterocycles. The number of carbonyl (C=O) groups excluding carboxylic acids is 1. The first-order valence-electron chi connectivity index (χ1n) is 6.59. The average Bonchev–Trinajstić information content (AvgIpc) is 2.25. The third-order valence-corrected chi connectivity index (χ3v) is 3.75.